The maximum atomic E-state index is 12.1. The van der Waals surface area contributed by atoms with Crippen LogP contribution in [0.5, 0.6) is 0 Å². The minimum absolute atomic E-state index is 0.00963. The van der Waals surface area contributed by atoms with E-state index in [4.69, 9.17) is 0 Å². The number of anilines is 2. The van der Waals surface area contributed by atoms with Gasteiger partial charge in [-0.3, -0.25) is 19.0 Å². The number of carbonyl (C=O) groups excluding carboxylic acids is 2. The van der Waals surface area contributed by atoms with Gasteiger partial charge in [0, 0.05) is 68.3 Å². The van der Waals surface area contributed by atoms with E-state index in [1.807, 2.05) is 48.1 Å². The number of rotatable bonds is 4. The molecule has 0 unspecified atom stereocenters. The molecular formula is C21H24N6O2. The molecule has 1 aliphatic heterocycles. The molecule has 2 aromatic heterocycles. The van der Waals surface area contributed by atoms with Crippen molar-refractivity contribution in [2.75, 3.05) is 11.9 Å². The topological polar surface area (TPSA) is 85.1 Å². The van der Waals surface area contributed by atoms with Crippen molar-refractivity contribution in [3.8, 4) is 11.1 Å². The van der Waals surface area contributed by atoms with E-state index in [1.165, 1.54) is 0 Å². The van der Waals surface area contributed by atoms with Crippen molar-refractivity contribution < 1.29 is 9.59 Å². The van der Waals surface area contributed by atoms with E-state index in [-0.39, 0.29) is 11.7 Å². The van der Waals surface area contributed by atoms with Gasteiger partial charge in [-0.2, -0.15) is 10.2 Å². The van der Waals surface area contributed by atoms with Gasteiger partial charge >= 0.3 is 0 Å². The zero-order valence-corrected chi connectivity index (χ0v) is 17.1. The zero-order chi connectivity index (χ0) is 20.7. The molecule has 1 aromatic carbocycles. The third-order valence-electron chi connectivity index (χ3n) is 5.33. The number of nitrogens with zero attached hydrogens (tertiary/aromatic N) is 5. The number of aryl methyl sites for hydroxylation is 2. The van der Waals surface area contributed by atoms with Crippen LogP contribution in [0.1, 0.15) is 35.5 Å². The number of benzene rings is 1. The number of hydrogen-bond donors (Lipinski definition) is 1. The first-order chi connectivity index (χ1) is 13.8. The van der Waals surface area contributed by atoms with Crippen LogP contribution in [0.2, 0.25) is 0 Å². The predicted molar refractivity (Wildman–Crippen MR) is 110 cm³/mol. The highest BCUT2D eigenvalue weighted by atomic mass is 16.2. The van der Waals surface area contributed by atoms with Crippen molar-refractivity contribution in [1.82, 2.24) is 24.5 Å². The third-order valence-corrected chi connectivity index (χ3v) is 5.33. The van der Waals surface area contributed by atoms with Gasteiger partial charge in [0.1, 0.15) is 0 Å². The van der Waals surface area contributed by atoms with Gasteiger partial charge in [0.05, 0.1) is 12.7 Å². The summed E-state index contributed by atoms with van der Waals surface area (Å²) in [5.41, 5.74) is 5.37. The smallest absolute Gasteiger partial charge is 0.219 e. The summed E-state index contributed by atoms with van der Waals surface area (Å²) in [4.78, 5) is 25.7. The van der Waals surface area contributed by atoms with Crippen molar-refractivity contribution in [2.24, 2.45) is 14.1 Å². The minimum Gasteiger partial charge on any atom is -0.338 e. The highest BCUT2D eigenvalue weighted by Gasteiger charge is 2.25. The Labute approximate surface area is 169 Å². The molecule has 8 heteroatoms. The van der Waals surface area contributed by atoms with Gasteiger partial charge in [0.25, 0.3) is 0 Å². The molecule has 0 saturated heterocycles. The van der Waals surface area contributed by atoms with Gasteiger partial charge in [0.15, 0.2) is 11.6 Å². The predicted octanol–water partition coefficient (Wildman–Crippen LogP) is 2.67. The van der Waals surface area contributed by atoms with E-state index in [0.29, 0.717) is 24.5 Å². The summed E-state index contributed by atoms with van der Waals surface area (Å²) in [5.74, 6) is 0.763. The molecule has 0 radical (unpaired) electrons. The lowest BCUT2D eigenvalue weighted by molar-refractivity contribution is -0.129. The van der Waals surface area contributed by atoms with E-state index in [1.54, 1.807) is 24.7 Å². The van der Waals surface area contributed by atoms with Crippen molar-refractivity contribution >= 4 is 23.2 Å². The fraction of sp³-hybridized carbons (Fsp3) is 0.333. The quantitative estimate of drug-likeness (QED) is 0.690. The first-order valence-electron chi connectivity index (χ1n) is 9.54. The monoisotopic (exact) mass is 392 g/mol. The van der Waals surface area contributed by atoms with Gasteiger partial charge in [-0.25, -0.2) is 0 Å². The van der Waals surface area contributed by atoms with Gasteiger partial charge in [-0.1, -0.05) is 0 Å². The summed E-state index contributed by atoms with van der Waals surface area (Å²) in [6, 6.07) is 5.68. The van der Waals surface area contributed by atoms with E-state index in [9.17, 15) is 9.59 Å². The van der Waals surface area contributed by atoms with Gasteiger partial charge in [0.2, 0.25) is 5.91 Å². The number of amides is 1. The summed E-state index contributed by atoms with van der Waals surface area (Å²) in [6.45, 7) is 4.37. The molecule has 0 atom stereocenters. The Hall–Kier alpha value is -3.42. The SMILES string of the molecule is CC(=O)c1cc(Nc2nn(C)c3c2CN(C(C)=O)CC3)cc(-c2cnn(C)c2)c1. The van der Waals surface area contributed by atoms with E-state index in [2.05, 4.69) is 15.5 Å². The van der Waals surface area contributed by atoms with E-state index >= 15 is 0 Å². The Morgan fingerprint density at radius 2 is 1.90 bits per heavy atom. The first-order valence-corrected chi connectivity index (χ1v) is 9.54. The molecule has 8 nitrogen and oxygen atoms in total. The molecule has 4 rings (SSSR count). The van der Waals surface area contributed by atoms with Crippen LogP contribution in [-0.2, 0) is 31.9 Å². The molecule has 0 fully saturated rings. The Kier molecular flexibility index (Phi) is 4.70. The van der Waals surface area contributed by atoms with Crippen LogP contribution in [0.25, 0.3) is 11.1 Å². The summed E-state index contributed by atoms with van der Waals surface area (Å²) in [7, 11) is 3.78. The maximum absolute atomic E-state index is 12.1. The molecule has 1 N–H and O–H groups in total. The molecule has 1 amide bonds. The van der Waals surface area contributed by atoms with Gasteiger partial charge in [-0.15, -0.1) is 0 Å². The number of aromatic nitrogens is 4. The molecule has 1 aliphatic rings. The van der Waals surface area contributed by atoms with Crippen molar-refractivity contribution in [3.63, 3.8) is 0 Å². The average molecular weight is 392 g/mol. The summed E-state index contributed by atoms with van der Waals surface area (Å²) < 4.78 is 3.60. The second-order valence-corrected chi connectivity index (χ2v) is 7.47. The zero-order valence-electron chi connectivity index (χ0n) is 17.1. The molecular weight excluding hydrogens is 368 g/mol. The fourth-order valence-corrected chi connectivity index (χ4v) is 3.74. The Morgan fingerprint density at radius 3 is 2.55 bits per heavy atom. The van der Waals surface area contributed by atoms with Crippen molar-refractivity contribution in [1.29, 1.82) is 0 Å². The van der Waals surface area contributed by atoms with Gasteiger partial charge < -0.3 is 10.2 Å². The normalized spacial score (nSPS) is 13.3. The number of hydrogen-bond acceptors (Lipinski definition) is 5. The van der Waals surface area contributed by atoms with Crippen LogP contribution in [0, 0.1) is 0 Å². The molecule has 0 saturated carbocycles. The maximum Gasteiger partial charge on any atom is 0.219 e. The number of nitrogens with one attached hydrogen (secondary N) is 1. The number of carbonyl (C=O) groups is 2. The Morgan fingerprint density at radius 1 is 1.10 bits per heavy atom. The molecule has 3 aromatic rings. The lowest BCUT2D eigenvalue weighted by Crippen LogP contribution is -2.34. The number of Topliss-reactive ketones (excluding diaryl/α,β-unsaturated/α-hetero) is 1. The van der Waals surface area contributed by atoms with E-state index in [0.717, 1.165) is 34.5 Å². The number of fused-ring (bicyclic) bond motifs is 1. The molecule has 150 valence electrons. The summed E-state index contributed by atoms with van der Waals surface area (Å²) in [6.07, 6.45) is 4.46. The van der Waals surface area contributed by atoms with Crippen molar-refractivity contribution in [3.05, 3.63) is 47.4 Å². The Bertz CT molecular complexity index is 1110. The number of ketones is 1. The lowest BCUT2D eigenvalue weighted by atomic mass is 10.0. The van der Waals surface area contributed by atoms with Crippen molar-refractivity contribution in [2.45, 2.75) is 26.8 Å². The van der Waals surface area contributed by atoms with Crippen LogP contribution < -0.4 is 5.32 Å². The third kappa shape index (κ3) is 3.65. The molecule has 0 bridgehead atoms. The van der Waals surface area contributed by atoms with Crippen LogP contribution in [0.3, 0.4) is 0 Å². The van der Waals surface area contributed by atoms with Crippen LogP contribution in [-0.4, -0.2) is 42.7 Å². The second kappa shape index (κ2) is 7.20. The standard InChI is InChI=1S/C21H24N6O2/c1-13(28)15-7-16(17-10-22-25(3)11-17)9-18(8-15)23-21-19-12-27(14(2)29)6-5-20(19)26(4)24-21/h7-11H,5-6,12H2,1-4H3,(H,23,24). The summed E-state index contributed by atoms with van der Waals surface area (Å²) >= 11 is 0. The largest absolute Gasteiger partial charge is 0.338 e. The first kappa shape index (κ1) is 18.9. The Balaban J connectivity index is 1.72. The molecule has 3 heterocycles. The molecule has 29 heavy (non-hydrogen) atoms. The molecule has 0 spiro atoms. The highest BCUT2D eigenvalue weighted by Crippen LogP contribution is 2.31. The minimum atomic E-state index is -0.00963. The van der Waals surface area contributed by atoms with Gasteiger partial charge in [-0.05, 0) is 30.7 Å². The average Bonchev–Trinajstić information content (AvgIpc) is 3.25. The summed E-state index contributed by atoms with van der Waals surface area (Å²) in [5, 5.41) is 12.2. The molecule has 0 aliphatic carbocycles. The highest BCUT2D eigenvalue weighted by molar-refractivity contribution is 5.96. The van der Waals surface area contributed by atoms with Crippen LogP contribution >= 0.6 is 0 Å². The lowest BCUT2D eigenvalue weighted by Gasteiger charge is -2.26. The van der Waals surface area contributed by atoms with Crippen LogP contribution in [0.15, 0.2) is 30.6 Å². The fourth-order valence-electron chi connectivity index (χ4n) is 3.74. The second-order valence-electron chi connectivity index (χ2n) is 7.47. The van der Waals surface area contributed by atoms with Crippen LogP contribution in [0.4, 0.5) is 11.5 Å². The van der Waals surface area contributed by atoms with E-state index < -0.39 is 0 Å².